The van der Waals surface area contributed by atoms with Crippen LogP contribution < -0.4 is 5.32 Å². The number of carbonyl (C=O) groups is 1. The summed E-state index contributed by atoms with van der Waals surface area (Å²) in [6.07, 6.45) is 1.54. The number of hydrogen-bond acceptors (Lipinski definition) is 4. The maximum absolute atomic E-state index is 12.5. The molecule has 0 bridgehead atoms. The van der Waals surface area contributed by atoms with Crippen molar-refractivity contribution in [1.82, 2.24) is 30.3 Å². The number of hydrogen-bond donors (Lipinski definition) is 2. The average Bonchev–Trinajstić information content (AvgIpc) is 3.29. The Kier molecular flexibility index (Phi) is 4.14. The molecule has 0 saturated carbocycles. The molecule has 26 heavy (non-hydrogen) atoms. The lowest BCUT2D eigenvalue weighted by atomic mass is 10.3. The van der Waals surface area contributed by atoms with Crippen molar-refractivity contribution < 1.29 is 4.79 Å². The Morgan fingerprint density at radius 3 is 2.77 bits per heavy atom. The second-order valence-corrected chi connectivity index (χ2v) is 6.24. The van der Waals surface area contributed by atoms with Crippen molar-refractivity contribution in [2.24, 2.45) is 0 Å². The van der Waals surface area contributed by atoms with Gasteiger partial charge in [-0.1, -0.05) is 41.1 Å². The van der Waals surface area contributed by atoms with Crippen molar-refractivity contribution in [3.8, 4) is 5.69 Å². The quantitative estimate of drug-likeness (QED) is 0.580. The molecule has 0 spiro atoms. The van der Waals surface area contributed by atoms with E-state index in [9.17, 15) is 4.79 Å². The molecular weight excluding hydrogens is 352 g/mol. The number of rotatable bonds is 4. The summed E-state index contributed by atoms with van der Waals surface area (Å²) >= 11 is 6.15. The first kappa shape index (κ1) is 16.3. The molecule has 7 nitrogen and oxygen atoms in total. The fraction of sp³-hybridized carbons (Fsp3) is 0.111. The summed E-state index contributed by atoms with van der Waals surface area (Å²) < 4.78 is 1.48. The molecule has 0 aliphatic carbocycles. The summed E-state index contributed by atoms with van der Waals surface area (Å²) in [5.74, 6) is 0.342. The highest BCUT2D eigenvalue weighted by Crippen LogP contribution is 2.19. The van der Waals surface area contributed by atoms with Crippen molar-refractivity contribution in [3.05, 3.63) is 71.3 Å². The number of carbonyl (C=O) groups excluding carboxylic acids is 1. The maximum atomic E-state index is 12.5. The van der Waals surface area contributed by atoms with E-state index in [-0.39, 0.29) is 17.6 Å². The van der Waals surface area contributed by atoms with Gasteiger partial charge in [0.15, 0.2) is 5.69 Å². The van der Waals surface area contributed by atoms with E-state index in [1.54, 1.807) is 18.3 Å². The number of fused-ring (bicyclic) bond motifs is 1. The van der Waals surface area contributed by atoms with Gasteiger partial charge in [0.1, 0.15) is 5.82 Å². The third-order valence-corrected chi connectivity index (χ3v) is 4.31. The molecule has 4 aromatic rings. The number of H-pyrrole nitrogens is 1. The molecule has 0 aliphatic rings. The highest BCUT2D eigenvalue weighted by atomic mass is 35.5. The Morgan fingerprint density at radius 2 is 1.96 bits per heavy atom. The molecule has 0 saturated heterocycles. The summed E-state index contributed by atoms with van der Waals surface area (Å²) in [4.78, 5) is 20.2. The van der Waals surface area contributed by atoms with E-state index in [0.717, 1.165) is 11.0 Å². The van der Waals surface area contributed by atoms with E-state index < -0.39 is 0 Å². The lowest BCUT2D eigenvalue weighted by Crippen LogP contribution is -2.27. The van der Waals surface area contributed by atoms with E-state index >= 15 is 0 Å². The second-order valence-electron chi connectivity index (χ2n) is 5.83. The predicted molar refractivity (Wildman–Crippen MR) is 98.3 cm³/mol. The van der Waals surface area contributed by atoms with Crippen LogP contribution in [0.3, 0.4) is 0 Å². The number of aromatic nitrogens is 5. The summed E-state index contributed by atoms with van der Waals surface area (Å²) in [7, 11) is 0. The SMILES string of the molecule is CC(NC(=O)c1cn(-c2ccccc2Cl)nn1)c1nc2ccccc2[nH]1. The van der Waals surface area contributed by atoms with Crippen LogP contribution in [-0.4, -0.2) is 30.9 Å². The maximum Gasteiger partial charge on any atom is 0.274 e. The van der Waals surface area contributed by atoms with Crippen LogP contribution in [-0.2, 0) is 0 Å². The fourth-order valence-corrected chi connectivity index (χ4v) is 2.86. The molecule has 4 rings (SSSR count). The number of halogens is 1. The van der Waals surface area contributed by atoms with Gasteiger partial charge >= 0.3 is 0 Å². The molecule has 0 aliphatic heterocycles. The molecule has 2 aromatic carbocycles. The summed E-state index contributed by atoms with van der Waals surface area (Å²) in [5.41, 5.74) is 2.64. The molecule has 2 aromatic heterocycles. The van der Waals surface area contributed by atoms with Crippen molar-refractivity contribution in [3.63, 3.8) is 0 Å². The fourth-order valence-electron chi connectivity index (χ4n) is 2.64. The lowest BCUT2D eigenvalue weighted by Gasteiger charge is -2.09. The van der Waals surface area contributed by atoms with E-state index in [2.05, 4.69) is 25.6 Å². The van der Waals surface area contributed by atoms with Crippen LogP contribution in [0.5, 0.6) is 0 Å². The van der Waals surface area contributed by atoms with E-state index in [1.165, 1.54) is 4.68 Å². The number of benzene rings is 2. The molecule has 0 fully saturated rings. The Hall–Kier alpha value is -3.19. The van der Waals surface area contributed by atoms with Gasteiger partial charge in [-0.3, -0.25) is 4.79 Å². The Labute approximate surface area is 154 Å². The normalized spacial score (nSPS) is 12.2. The smallest absolute Gasteiger partial charge is 0.274 e. The van der Waals surface area contributed by atoms with Gasteiger partial charge in [-0.25, -0.2) is 9.67 Å². The Balaban J connectivity index is 1.52. The van der Waals surface area contributed by atoms with Gasteiger partial charge in [-0.05, 0) is 31.2 Å². The summed E-state index contributed by atoms with van der Waals surface area (Å²) in [6.45, 7) is 1.86. The number of aromatic amines is 1. The molecule has 130 valence electrons. The van der Waals surface area contributed by atoms with Crippen molar-refractivity contribution in [2.75, 3.05) is 0 Å². The average molecular weight is 367 g/mol. The Morgan fingerprint density at radius 1 is 1.19 bits per heavy atom. The molecule has 8 heteroatoms. The first-order valence-corrected chi connectivity index (χ1v) is 8.42. The zero-order valence-corrected chi connectivity index (χ0v) is 14.6. The highest BCUT2D eigenvalue weighted by Gasteiger charge is 2.18. The molecule has 1 amide bonds. The van der Waals surface area contributed by atoms with E-state index in [4.69, 9.17) is 11.6 Å². The lowest BCUT2D eigenvalue weighted by molar-refractivity contribution is 0.0933. The minimum Gasteiger partial charge on any atom is -0.341 e. The third kappa shape index (κ3) is 3.04. The first-order chi connectivity index (χ1) is 12.6. The van der Waals surface area contributed by atoms with Gasteiger partial charge in [0.2, 0.25) is 0 Å². The molecule has 1 unspecified atom stereocenters. The number of nitrogens with one attached hydrogen (secondary N) is 2. The van der Waals surface area contributed by atoms with Crippen LogP contribution in [0.4, 0.5) is 0 Å². The molecule has 1 atom stereocenters. The zero-order chi connectivity index (χ0) is 18.1. The largest absolute Gasteiger partial charge is 0.341 e. The monoisotopic (exact) mass is 366 g/mol. The zero-order valence-electron chi connectivity index (χ0n) is 13.8. The molecular formula is C18H15ClN6O. The van der Waals surface area contributed by atoms with Gasteiger partial charge in [-0.15, -0.1) is 5.10 Å². The van der Waals surface area contributed by atoms with Crippen LogP contribution >= 0.6 is 11.6 Å². The topological polar surface area (TPSA) is 88.5 Å². The van der Waals surface area contributed by atoms with Crippen LogP contribution in [0.25, 0.3) is 16.7 Å². The van der Waals surface area contributed by atoms with E-state index in [1.807, 2.05) is 43.3 Å². The van der Waals surface area contributed by atoms with Gasteiger partial charge in [0.25, 0.3) is 5.91 Å². The van der Waals surface area contributed by atoms with Crippen LogP contribution in [0.1, 0.15) is 29.3 Å². The standard InChI is InChI=1S/C18H15ClN6O/c1-11(17-21-13-7-3-4-8-14(13)22-17)20-18(26)15-10-25(24-23-15)16-9-5-2-6-12(16)19/h2-11H,1H3,(H,20,26)(H,21,22). The number of amides is 1. The highest BCUT2D eigenvalue weighted by molar-refractivity contribution is 6.32. The van der Waals surface area contributed by atoms with Crippen LogP contribution in [0, 0.1) is 0 Å². The third-order valence-electron chi connectivity index (χ3n) is 3.99. The Bertz CT molecular complexity index is 1050. The minimum atomic E-state index is -0.337. The van der Waals surface area contributed by atoms with Crippen molar-refractivity contribution >= 4 is 28.5 Å². The van der Waals surface area contributed by atoms with Gasteiger partial charge in [-0.2, -0.15) is 0 Å². The molecule has 2 N–H and O–H groups in total. The molecule has 2 heterocycles. The summed E-state index contributed by atoms with van der Waals surface area (Å²) in [6, 6.07) is 14.6. The van der Waals surface area contributed by atoms with Crippen molar-refractivity contribution in [2.45, 2.75) is 13.0 Å². The number of nitrogens with zero attached hydrogens (tertiary/aromatic N) is 4. The predicted octanol–water partition coefficient (Wildman–Crippen LogP) is 3.29. The summed E-state index contributed by atoms with van der Waals surface area (Å²) in [5, 5.41) is 11.3. The number of imidazole rings is 1. The van der Waals surface area contributed by atoms with Crippen LogP contribution in [0.15, 0.2) is 54.7 Å². The number of para-hydroxylation sites is 3. The van der Waals surface area contributed by atoms with Crippen molar-refractivity contribution in [1.29, 1.82) is 0 Å². The first-order valence-electron chi connectivity index (χ1n) is 8.04. The van der Waals surface area contributed by atoms with Gasteiger partial charge < -0.3 is 10.3 Å². The van der Waals surface area contributed by atoms with Crippen LogP contribution in [0.2, 0.25) is 5.02 Å². The van der Waals surface area contributed by atoms with Gasteiger partial charge in [0.05, 0.1) is 34.0 Å². The second kappa shape index (κ2) is 6.61. The van der Waals surface area contributed by atoms with E-state index in [0.29, 0.717) is 16.5 Å². The molecule has 0 radical (unpaired) electrons. The van der Waals surface area contributed by atoms with Gasteiger partial charge in [0, 0.05) is 0 Å². The minimum absolute atomic E-state index is 0.202.